The molecule has 0 aromatic rings. The first-order chi connectivity index (χ1) is 7.33. The lowest BCUT2D eigenvalue weighted by atomic mass is 9.84. The zero-order valence-corrected chi connectivity index (χ0v) is 9.58. The molecule has 0 spiro atoms. The van der Waals surface area contributed by atoms with Gasteiger partial charge in [0.2, 0.25) is 0 Å². The Labute approximate surface area is 91.7 Å². The minimum absolute atomic E-state index is 0.278. The van der Waals surface area contributed by atoms with Crippen molar-refractivity contribution in [1.29, 1.82) is 0 Å². The summed E-state index contributed by atoms with van der Waals surface area (Å²) >= 11 is 0. The number of hydroxylamine groups is 2. The number of Topliss-reactive ketones (excluding diaryl/α,β-unsaturated/α-hetero) is 1. The lowest BCUT2D eigenvalue weighted by molar-refractivity contribution is -0.178. The summed E-state index contributed by atoms with van der Waals surface area (Å²) in [5, 5.41) is 2.08. The maximum atomic E-state index is 11.7. The van der Waals surface area contributed by atoms with Crippen LogP contribution < -0.4 is 0 Å². The van der Waals surface area contributed by atoms with Crippen molar-refractivity contribution in [3.63, 3.8) is 0 Å². The normalized spacial score (nSPS) is 31.9. The van der Waals surface area contributed by atoms with Gasteiger partial charge in [0.05, 0.1) is 6.61 Å². The van der Waals surface area contributed by atoms with Gasteiger partial charge in [-0.15, -0.1) is 0 Å². The van der Waals surface area contributed by atoms with Gasteiger partial charge >= 0.3 is 0 Å². The van der Waals surface area contributed by atoms with Crippen LogP contribution in [0.15, 0.2) is 0 Å². The maximum Gasteiger partial charge on any atom is 0.137 e. The molecular weight excluding hydrogens is 190 g/mol. The van der Waals surface area contributed by atoms with Crippen LogP contribution in [0.25, 0.3) is 0 Å². The SMILES string of the molecule is CCCCON1CCC2C(=O)CCCC21. The molecule has 1 saturated carbocycles. The van der Waals surface area contributed by atoms with E-state index in [1.165, 1.54) is 6.42 Å². The molecule has 0 radical (unpaired) electrons. The van der Waals surface area contributed by atoms with E-state index >= 15 is 0 Å². The van der Waals surface area contributed by atoms with Crippen LogP contribution in [-0.4, -0.2) is 30.0 Å². The Hall–Kier alpha value is -0.410. The van der Waals surface area contributed by atoms with Crippen LogP contribution in [-0.2, 0) is 9.63 Å². The predicted molar refractivity (Wildman–Crippen MR) is 58.3 cm³/mol. The van der Waals surface area contributed by atoms with Crippen LogP contribution in [0.1, 0.15) is 45.4 Å². The second kappa shape index (κ2) is 5.08. The van der Waals surface area contributed by atoms with Crippen molar-refractivity contribution >= 4 is 5.78 Å². The van der Waals surface area contributed by atoms with Crippen molar-refractivity contribution < 1.29 is 9.63 Å². The van der Waals surface area contributed by atoms with E-state index in [2.05, 4.69) is 12.0 Å². The van der Waals surface area contributed by atoms with Crippen LogP contribution in [0.4, 0.5) is 0 Å². The van der Waals surface area contributed by atoms with Gasteiger partial charge in [-0.3, -0.25) is 9.63 Å². The molecule has 1 aliphatic carbocycles. The molecule has 2 aliphatic rings. The number of unbranched alkanes of at least 4 members (excludes halogenated alkanes) is 1. The Morgan fingerprint density at radius 1 is 1.47 bits per heavy atom. The first kappa shape index (κ1) is 11.1. The van der Waals surface area contributed by atoms with Crippen molar-refractivity contribution in [2.75, 3.05) is 13.2 Å². The third-order valence-corrected chi connectivity index (χ3v) is 3.59. The molecule has 1 aliphatic heterocycles. The molecule has 1 saturated heterocycles. The van der Waals surface area contributed by atoms with Crippen molar-refractivity contribution in [3.05, 3.63) is 0 Å². The van der Waals surface area contributed by atoms with Gasteiger partial charge in [-0.2, -0.15) is 5.06 Å². The summed E-state index contributed by atoms with van der Waals surface area (Å²) in [6.45, 7) is 3.93. The quantitative estimate of drug-likeness (QED) is 0.667. The zero-order chi connectivity index (χ0) is 10.7. The molecule has 15 heavy (non-hydrogen) atoms. The molecule has 2 atom stereocenters. The predicted octanol–water partition coefficient (Wildman–Crippen LogP) is 2.16. The highest BCUT2D eigenvalue weighted by Gasteiger charge is 2.41. The van der Waals surface area contributed by atoms with E-state index in [4.69, 9.17) is 4.84 Å². The number of fused-ring (bicyclic) bond motifs is 1. The highest BCUT2D eigenvalue weighted by Crippen LogP contribution is 2.34. The van der Waals surface area contributed by atoms with E-state index in [0.717, 1.165) is 45.3 Å². The topological polar surface area (TPSA) is 29.5 Å². The van der Waals surface area contributed by atoms with Gasteiger partial charge in [-0.05, 0) is 25.7 Å². The summed E-state index contributed by atoms with van der Waals surface area (Å²) in [6.07, 6.45) is 6.28. The first-order valence-electron chi connectivity index (χ1n) is 6.25. The fourth-order valence-electron chi connectivity index (χ4n) is 2.70. The molecule has 2 fully saturated rings. The van der Waals surface area contributed by atoms with E-state index in [-0.39, 0.29) is 5.92 Å². The van der Waals surface area contributed by atoms with Crippen molar-refractivity contribution in [3.8, 4) is 0 Å². The zero-order valence-electron chi connectivity index (χ0n) is 9.58. The Kier molecular flexibility index (Phi) is 3.76. The molecule has 2 unspecified atom stereocenters. The fourth-order valence-corrected chi connectivity index (χ4v) is 2.70. The highest BCUT2D eigenvalue weighted by atomic mass is 16.7. The van der Waals surface area contributed by atoms with Crippen LogP contribution in [0.5, 0.6) is 0 Å². The number of nitrogens with zero attached hydrogens (tertiary/aromatic N) is 1. The third-order valence-electron chi connectivity index (χ3n) is 3.59. The highest BCUT2D eigenvalue weighted by molar-refractivity contribution is 5.82. The molecule has 2 rings (SSSR count). The summed E-state index contributed by atoms with van der Waals surface area (Å²) in [7, 11) is 0. The van der Waals surface area contributed by atoms with E-state index < -0.39 is 0 Å². The minimum Gasteiger partial charge on any atom is -0.299 e. The number of hydrogen-bond donors (Lipinski definition) is 0. The largest absolute Gasteiger partial charge is 0.299 e. The molecule has 0 amide bonds. The molecule has 3 nitrogen and oxygen atoms in total. The van der Waals surface area contributed by atoms with Gasteiger partial charge in [-0.25, -0.2) is 0 Å². The summed E-state index contributed by atoms with van der Waals surface area (Å²) in [6, 6.07) is 0.392. The number of hydrogen-bond acceptors (Lipinski definition) is 3. The van der Waals surface area contributed by atoms with E-state index in [0.29, 0.717) is 11.8 Å². The molecule has 0 aromatic heterocycles. The van der Waals surface area contributed by atoms with Gasteiger partial charge in [0.25, 0.3) is 0 Å². The van der Waals surface area contributed by atoms with Crippen molar-refractivity contribution in [2.45, 2.75) is 51.5 Å². The Balaban J connectivity index is 1.84. The molecule has 0 bridgehead atoms. The maximum absolute atomic E-state index is 11.7. The van der Waals surface area contributed by atoms with Gasteiger partial charge in [-0.1, -0.05) is 13.3 Å². The standard InChI is InChI=1S/C12H21NO2/c1-2-3-9-15-13-8-7-10-11(13)5-4-6-12(10)14/h10-11H,2-9H2,1H3. The van der Waals surface area contributed by atoms with Gasteiger partial charge in [0.1, 0.15) is 5.78 Å². The van der Waals surface area contributed by atoms with Gasteiger partial charge in [0.15, 0.2) is 0 Å². The van der Waals surface area contributed by atoms with Gasteiger partial charge < -0.3 is 0 Å². The second-order valence-electron chi connectivity index (χ2n) is 4.65. The molecule has 86 valence electrons. The van der Waals surface area contributed by atoms with Crippen LogP contribution in [0.2, 0.25) is 0 Å². The lowest BCUT2D eigenvalue weighted by Gasteiger charge is -2.29. The smallest absolute Gasteiger partial charge is 0.137 e. The summed E-state index contributed by atoms with van der Waals surface area (Å²) in [4.78, 5) is 17.4. The molecule has 0 N–H and O–H groups in total. The molecule has 1 heterocycles. The number of carbonyl (C=O) groups is 1. The fraction of sp³-hybridized carbons (Fsp3) is 0.917. The summed E-state index contributed by atoms with van der Waals surface area (Å²) in [5.74, 6) is 0.744. The minimum atomic E-state index is 0.278. The van der Waals surface area contributed by atoms with E-state index in [9.17, 15) is 4.79 Å². The van der Waals surface area contributed by atoms with Crippen molar-refractivity contribution in [2.24, 2.45) is 5.92 Å². The van der Waals surface area contributed by atoms with Crippen molar-refractivity contribution in [1.82, 2.24) is 5.06 Å². The van der Waals surface area contributed by atoms with Crippen LogP contribution in [0.3, 0.4) is 0 Å². The van der Waals surface area contributed by atoms with Crippen LogP contribution >= 0.6 is 0 Å². The second-order valence-corrected chi connectivity index (χ2v) is 4.65. The summed E-state index contributed by atoms with van der Waals surface area (Å²) in [5.41, 5.74) is 0. The van der Waals surface area contributed by atoms with Crippen LogP contribution in [0, 0.1) is 5.92 Å². The number of rotatable bonds is 4. The number of carbonyl (C=O) groups excluding carboxylic acids is 1. The van der Waals surface area contributed by atoms with E-state index in [1.54, 1.807) is 0 Å². The molecule has 3 heteroatoms. The average molecular weight is 211 g/mol. The number of ketones is 1. The molecular formula is C12H21NO2. The Bertz CT molecular complexity index is 230. The monoisotopic (exact) mass is 211 g/mol. The molecule has 0 aromatic carbocycles. The lowest BCUT2D eigenvalue weighted by Crippen LogP contribution is -2.38. The van der Waals surface area contributed by atoms with E-state index in [1.807, 2.05) is 0 Å². The van der Waals surface area contributed by atoms with Gasteiger partial charge in [0, 0.05) is 24.9 Å². The third kappa shape index (κ3) is 2.40. The summed E-state index contributed by atoms with van der Waals surface area (Å²) < 4.78 is 0. The average Bonchev–Trinajstić information content (AvgIpc) is 2.64. The Morgan fingerprint density at radius 2 is 2.33 bits per heavy atom. The Morgan fingerprint density at radius 3 is 3.13 bits per heavy atom. The first-order valence-corrected chi connectivity index (χ1v) is 6.25.